The van der Waals surface area contributed by atoms with Gasteiger partial charge in [-0.1, -0.05) is 0 Å². The summed E-state index contributed by atoms with van der Waals surface area (Å²) >= 11 is 0. The molecule has 3 aliphatic rings. The van der Waals surface area contributed by atoms with Gasteiger partial charge in [-0.25, -0.2) is 4.98 Å². The summed E-state index contributed by atoms with van der Waals surface area (Å²) in [5.41, 5.74) is 0.561. The molecule has 124 valence electrons. The zero-order chi connectivity index (χ0) is 16.2. The molecule has 6 heteroatoms. The van der Waals surface area contributed by atoms with Crippen LogP contribution in [-0.4, -0.2) is 40.8 Å². The van der Waals surface area contributed by atoms with Crippen molar-refractivity contribution in [1.29, 1.82) is 0 Å². The molecule has 2 amide bonds. The first-order valence-electron chi connectivity index (χ1n) is 8.52. The Labute approximate surface area is 135 Å². The molecular weight excluding hydrogens is 294 g/mol. The molecule has 1 aromatic rings. The third-order valence-corrected chi connectivity index (χ3v) is 5.70. The molecule has 4 rings (SSSR count). The molecular formula is C17H23N3O3. The van der Waals surface area contributed by atoms with Gasteiger partial charge in [-0.05, 0) is 45.4 Å². The number of hydrogen-bond donors (Lipinski definition) is 1. The number of hydrogen-bond acceptors (Lipinski definition) is 4. The number of carbonyl (C=O) groups excluding carboxylic acids is 2. The average Bonchev–Trinajstić information content (AvgIpc) is 3.29. The van der Waals surface area contributed by atoms with Gasteiger partial charge in [-0.2, -0.15) is 0 Å². The van der Waals surface area contributed by atoms with Gasteiger partial charge in [-0.15, -0.1) is 0 Å². The quantitative estimate of drug-likeness (QED) is 0.864. The molecule has 23 heavy (non-hydrogen) atoms. The van der Waals surface area contributed by atoms with Crippen molar-refractivity contribution in [2.45, 2.75) is 51.5 Å². The fourth-order valence-corrected chi connectivity index (χ4v) is 3.92. The van der Waals surface area contributed by atoms with Crippen LogP contribution in [0.3, 0.4) is 0 Å². The van der Waals surface area contributed by atoms with Gasteiger partial charge < -0.3 is 14.6 Å². The van der Waals surface area contributed by atoms with Crippen molar-refractivity contribution in [2.75, 3.05) is 13.1 Å². The van der Waals surface area contributed by atoms with Gasteiger partial charge in [0.25, 0.3) is 5.91 Å². The third kappa shape index (κ3) is 2.35. The maximum Gasteiger partial charge on any atom is 0.291 e. The molecule has 2 aliphatic heterocycles. The van der Waals surface area contributed by atoms with Crippen LogP contribution in [0.1, 0.15) is 61.7 Å². The van der Waals surface area contributed by atoms with Crippen LogP contribution in [0.2, 0.25) is 0 Å². The van der Waals surface area contributed by atoms with Gasteiger partial charge in [-0.3, -0.25) is 9.59 Å². The Hall–Kier alpha value is -1.85. The van der Waals surface area contributed by atoms with E-state index in [4.69, 9.17) is 4.42 Å². The van der Waals surface area contributed by atoms with Crippen molar-refractivity contribution >= 4 is 11.8 Å². The second kappa shape index (κ2) is 5.08. The predicted octanol–water partition coefficient (Wildman–Crippen LogP) is 1.93. The van der Waals surface area contributed by atoms with E-state index in [9.17, 15) is 9.59 Å². The zero-order valence-corrected chi connectivity index (χ0v) is 13.7. The van der Waals surface area contributed by atoms with Crippen LogP contribution in [0.15, 0.2) is 10.8 Å². The predicted molar refractivity (Wildman–Crippen MR) is 82.8 cm³/mol. The van der Waals surface area contributed by atoms with Crippen LogP contribution >= 0.6 is 0 Å². The summed E-state index contributed by atoms with van der Waals surface area (Å²) in [6.07, 6.45) is 5.44. The lowest BCUT2D eigenvalue weighted by atomic mass is 9.68. The molecule has 0 spiro atoms. The van der Waals surface area contributed by atoms with Crippen molar-refractivity contribution in [3.63, 3.8) is 0 Å². The van der Waals surface area contributed by atoms with Gasteiger partial charge >= 0.3 is 0 Å². The highest BCUT2D eigenvalue weighted by Crippen LogP contribution is 2.42. The molecule has 1 unspecified atom stereocenters. The Bertz CT molecular complexity index is 639. The van der Waals surface area contributed by atoms with Crippen molar-refractivity contribution < 1.29 is 14.0 Å². The molecule has 0 aromatic carbocycles. The van der Waals surface area contributed by atoms with Crippen LogP contribution in [-0.2, 0) is 4.79 Å². The number of likely N-dealkylation sites (tertiary alicyclic amines) is 1. The minimum absolute atomic E-state index is 0.0280. The van der Waals surface area contributed by atoms with E-state index in [2.05, 4.69) is 10.3 Å². The molecule has 1 aromatic heterocycles. The number of aromatic nitrogens is 1. The van der Waals surface area contributed by atoms with Crippen molar-refractivity contribution in [3.05, 3.63) is 17.8 Å². The first-order chi connectivity index (χ1) is 11.0. The van der Waals surface area contributed by atoms with Gasteiger partial charge in [0.15, 0.2) is 6.39 Å². The summed E-state index contributed by atoms with van der Waals surface area (Å²) in [7, 11) is 0. The number of nitrogens with one attached hydrogen (secondary N) is 1. The molecule has 1 aliphatic carbocycles. The van der Waals surface area contributed by atoms with E-state index in [1.807, 2.05) is 18.7 Å². The monoisotopic (exact) mass is 317 g/mol. The summed E-state index contributed by atoms with van der Waals surface area (Å²) in [6.45, 7) is 5.45. The summed E-state index contributed by atoms with van der Waals surface area (Å²) < 4.78 is 5.38. The van der Waals surface area contributed by atoms with Crippen LogP contribution < -0.4 is 5.32 Å². The Morgan fingerprint density at radius 2 is 2.00 bits per heavy atom. The van der Waals surface area contributed by atoms with E-state index in [1.165, 1.54) is 6.39 Å². The number of nitrogens with zero attached hydrogens (tertiary/aromatic N) is 2. The molecule has 0 bridgehead atoms. The number of β-lactam (4-membered cyclic amide) rings is 1. The molecule has 3 fully saturated rings. The fraction of sp³-hybridized carbons (Fsp3) is 0.706. The topological polar surface area (TPSA) is 75.4 Å². The molecule has 0 radical (unpaired) electrons. The maximum absolute atomic E-state index is 12.7. The highest BCUT2D eigenvalue weighted by atomic mass is 16.3. The Balaban J connectivity index is 1.39. The first-order valence-corrected chi connectivity index (χ1v) is 8.52. The highest BCUT2D eigenvalue weighted by Gasteiger charge is 2.51. The van der Waals surface area contributed by atoms with E-state index in [-0.39, 0.29) is 23.3 Å². The average molecular weight is 317 g/mol. The van der Waals surface area contributed by atoms with Gasteiger partial charge in [0.05, 0.1) is 11.1 Å². The number of carbonyl (C=O) groups is 2. The van der Waals surface area contributed by atoms with Crippen LogP contribution in [0.5, 0.6) is 0 Å². The molecule has 1 atom stereocenters. The lowest BCUT2D eigenvalue weighted by molar-refractivity contribution is -0.146. The van der Waals surface area contributed by atoms with Crippen molar-refractivity contribution in [1.82, 2.24) is 15.2 Å². The molecule has 1 saturated carbocycles. The van der Waals surface area contributed by atoms with Crippen LogP contribution in [0.25, 0.3) is 0 Å². The summed E-state index contributed by atoms with van der Waals surface area (Å²) in [5, 5.41) is 3.04. The van der Waals surface area contributed by atoms with Gasteiger partial charge in [0, 0.05) is 25.0 Å². The standard InChI is InChI=1S/C17H23N3O3/c1-17(2)14(19-16(17)22)11-5-7-20(8-6-11)15(21)13-12(10-3-4-10)18-9-23-13/h9-11,14H,3-8H2,1-2H3,(H,19,22). The maximum atomic E-state index is 12.7. The SMILES string of the molecule is CC1(C)C(=O)NC1C1CCN(C(=O)c2ocnc2C2CC2)CC1. The fourth-order valence-electron chi connectivity index (χ4n) is 3.92. The van der Waals surface area contributed by atoms with Gasteiger partial charge in [0.1, 0.15) is 0 Å². The smallest absolute Gasteiger partial charge is 0.291 e. The number of amides is 2. The summed E-state index contributed by atoms with van der Waals surface area (Å²) in [6, 6.07) is 0.236. The van der Waals surface area contributed by atoms with E-state index in [0.29, 0.717) is 17.6 Å². The Morgan fingerprint density at radius 1 is 1.30 bits per heavy atom. The molecule has 6 nitrogen and oxygen atoms in total. The largest absolute Gasteiger partial charge is 0.438 e. The van der Waals surface area contributed by atoms with Crippen molar-refractivity contribution in [3.8, 4) is 0 Å². The van der Waals surface area contributed by atoms with E-state index in [1.54, 1.807) is 0 Å². The second-order valence-corrected chi connectivity index (χ2v) is 7.64. The summed E-state index contributed by atoms with van der Waals surface area (Å²) in [4.78, 5) is 30.4. The van der Waals surface area contributed by atoms with E-state index < -0.39 is 0 Å². The zero-order valence-electron chi connectivity index (χ0n) is 13.7. The van der Waals surface area contributed by atoms with Crippen LogP contribution in [0, 0.1) is 11.3 Å². The summed E-state index contributed by atoms with van der Waals surface area (Å²) in [5.74, 6) is 1.40. The molecule has 3 heterocycles. The first kappa shape index (κ1) is 14.7. The third-order valence-electron chi connectivity index (χ3n) is 5.70. The highest BCUT2D eigenvalue weighted by molar-refractivity contribution is 5.93. The number of rotatable bonds is 3. The van der Waals surface area contributed by atoms with Gasteiger partial charge in [0.2, 0.25) is 11.7 Å². The minimum atomic E-state index is -0.277. The lowest BCUT2D eigenvalue weighted by Crippen LogP contribution is -2.68. The number of oxazole rings is 1. The van der Waals surface area contributed by atoms with Crippen LogP contribution in [0.4, 0.5) is 0 Å². The second-order valence-electron chi connectivity index (χ2n) is 7.64. The van der Waals surface area contributed by atoms with E-state index >= 15 is 0 Å². The lowest BCUT2D eigenvalue weighted by Gasteiger charge is -2.50. The minimum Gasteiger partial charge on any atom is -0.438 e. The van der Waals surface area contributed by atoms with E-state index in [0.717, 1.165) is 44.5 Å². The molecule has 2 saturated heterocycles. The van der Waals surface area contributed by atoms with Crippen molar-refractivity contribution in [2.24, 2.45) is 11.3 Å². The Morgan fingerprint density at radius 3 is 2.57 bits per heavy atom. The molecule has 1 N–H and O–H groups in total. The Kier molecular flexibility index (Phi) is 3.25. The number of piperidine rings is 1. The normalized spacial score (nSPS) is 27.5.